The second-order valence-electron chi connectivity index (χ2n) is 5.56. The Kier molecular flexibility index (Phi) is 7.82. The highest BCUT2D eigenvalue weighted by atomic mass is 16.3. The third kappa shape index (κ3) is 7.38. The molecule has 2 amide bonds. The fraction of sp³-hybridized carbons (Fsp3) is 0.929. The Bertz CT molecular complexity index is 253. The Morgan fingerprint density at radius 1 is 1.32 bits per heavy atom. The number of carbonyl (C=O) groups is 1. The molecule has 3 N–H and O–H groups in total. The first kappa shape index (κ1) is 16.2. The zero-order valence-electron chi connectivity index (χ0n) is 12.3. The minimum absolute atomic E-state index is 0.131. The van der Waals surface area contributed by atoms with E-state index in [9.17, 15) is 9.90 Å². The van der Waals surface area contributed by atoms with Crippen molar-refractivity contribution in [2.45, 2.75) is 45.6 Å². The van der Waals surface area contributed by atoms with E-state index in [1.54, 1.807) is 0 Å². The highest BCUT2D eigenvalue weighted by Gasteiger charge is 2.15. The van der Waals surface area contributed by atoms with Gasteiger partial charge >= 0.3 is 6.03 Å². The molecule has 1 heterocycles. The van der Waals surface area contributed by atoms with Gasteiger partial charge in [0.15, 0.2) is 0 Å². The van der Waals surface area contributed by atoms with Gasteiger partial charge in [0, 0.05) is 19.6 Å². The first-order valence-electron chi connectivity index (χ1n) is 7.54. The van der Waals surface area contributed by atoms with Crippen LogP contribution in [0.15, 0.2) is 0 Å². The van der Waals surface area contributed by atoms with Crippen LogP contribution < -0.4 is 10.6 Å². The fourth-order valence-electron chi connectivity index (χ4n) is 2.23. The summed E-state index contributed by atoms with van der Waals surface area (Å²) in [5.74, 6) is 0.845. The smallest absolute Gasteiger partial charge is 0.314 e. The lowest BCUT2D eigenvalue weighted by atomic mass is 9.99. The number of rotatable bonds is 7. The summed E-state index contributed by atoms with van der Waals surface area (Å²) in [4.78, 5) is 13.9. The van der Waals surface area contributed by atoms with Crippen LogP contribution in [0.3, 0.4) is 0 Å². The van der Waals surface area contributed by atoms with Gasteiger partial charge in [0.2, 0.25) is 0 Å². The number of aliphatic hydroxyl groups is 1. The maximum atomic E-state index is 11.5. The molecule has 0 saturated carbocycles. The van der Waals surface area contributed by atoms with Crippen molar-refractivity contribution in [3.8, 4) is 0 Å². The number of aliphatic hydroxyl groups excluding tert-OH is 1. The van der Waals surface area contributed by atoms with Crippen molar-refractivity contribution < 1.29 is 9.90 Å². The summed E-state index contributed by atoms with van der Waals surface area (Å²) in [5.41, 5.74) is 0. The van der Waals surface area contributed by atoms with Gasteiger partial charge in [-0.15, -0.1) is 0 Å². The van der Waals surface area contributed by atoms with Gasteiger partial charge in [-0.2, -0.15) is 0 Å². The van der Waals surface area contributed by atoms with Crippen LogP contribution >= 0.6 is 0 Å². The molecule has 1 aliphatic heterocycles. The van der Waals surface area contributed by atoms with Crippen LogP contribution in [0.2, 0.25) is 0 Å². The first-order valence-corrected chi connectivity index (χ1v) is 7.54. The highest BCUT2D eigenvalue weighted by molar-refractivity contribution is 5.73. The number of carbonyl (C=O) groups excluding carboxylic acids is 1. The summed E-state index contributed by atoms with van der Waals surface area (Å²) in [6.45, 7) is 8.68. The summed E-state index contributed by atoms with van der Waals surface area (Å²) in [6.07, 6.45) is 3.57. The molecule has 19 heavy (non-hydrogen) atoms. The molecule has 1 aliphatic rings. The molecule has 1 atom stereocenters. The van der Waals surface area contributed by atoms with Gasteiger partial charge in [-0.05, 0) is 44.7 Å². The largest absolute Gasteiger partial charge is 0.393 e. The molecule has 1 unspecified atom stereocenters. The summed E-state index contributed by atoms with van der Waals surface area (Å²) < 4.78 is 0. The molecular formula is C14H29N3O2. The number of hydrogen-bond donors (Lipinski definition) is 3. The van der Waals surface area contributed by atoms with Crippen molar-refractivity contribution in [3.05, 3.63) is 0 Å². The predicted octanol–water partition coefficient (Wildman–Crippen LogP) is 1.18. The molecule has 5 nitrogen and oxygen atoms in total. The van der Waals surface area contributed by atoms with Crippen LogP contribution in [0.25, 0.3) is 0 Å². The molecule has 0 aliphatic carbocycles. The molecular weight excluding hydrogens is 242 g/mol. The van der Waals surface area contributed by atoms with Crippen LogP contribution in [-0.2, 0) is 0 Å². The lowest BCUT2D eigenvalue weighted by Gasteiger charge is -2.30. The molecule has 0 bridgehead atoms. The third-order valence-electron chi connectivity index (χ3n) is 3.82. The molecule has 0 aromatic heterocycles. The quantitative estimate of drug-likeness (QED) is 0.651. The number of urea groups is 1. The lowest BCUT2D eigenvalue weighted by molar-refractivity contribution is 0.159. The van der Waals surface area contributed by atoms with Crippen molar-refractivity contribution in [3.63, 3.8) is 0 Å². The molecule has 0 aromatic carbocycles. The van der Waals surface area contributed by atoms with E-state index >= 15 is 0 Å². The Balaban J connectivity index is 1.98. The van der Waals surface area contributed by atoms with Crippen LogP contribution in [0.1, 0.15) is 39.5 Å². The van der Waals surface area contributed by atoms with Crippen molar-refractivity contribution in [2.24, 2.45) is 5.92 Å². The van der Waals surface area contributed by atoms with Crippen LogP contribution in [0.4, 0.5) is 4.79 Å². The Morgan fingerprint density at radius 2 is 1.95 bits per heavy atom. The average Bonchev–Trinajstić information content (AvgIpc) is 2.41. The fourth-order valence-corrected chi connectivity index (χ4v) is 2.23. The molecule has 5 heteroatoms. The number of piperidine rings is 1. The van der Waals surface area contributed by atoms with Gasteiger partial charge in [-0.1, -0.05) is 13.8 Å². The number of nitrogens with zero attached hydrogens (tertiary/aromatic N) is 1. The van der Waals surface area contributed by atoms with Gasteiger partial charge in [0.25, 0.3) is 0 Å². The van der Waals surface area contributed by atoms with Crippen molar-refractivity contribution in [2.75, 3.05) is 32.7 Å². The predicted molar refractivity (Wildman–Crippen MR) is 77.2 cm³/mol. The average molecular weight is 271 g/mol. The van der Waals surface area contributed by atoms with E-state index in [0.717, 1.165) is 32.0 Å². The van der Waals surface area contributed by atoms with Gasteiger partial charge in [0.1, 0.15) is 0 Å². The molecule has 1 saturated heterocycles. The van der Waals surface area contributed by atoms with E-state index in [0.29, 0.717) is 19.5 Å². The monoisotopic (exact) mass is 271 g/mol. The van der Waals surface area contributed by atoms with Gasteiger partial charge in [0.05, 0.1) is 6.10 Å². The highest BCUT2D eigenvalue weighted by Crippen LogP contribution is 2.14. The molecule has 0 aromatic rings. The van der Waals surface area contributed by atoms with E-state index in [1.807, 2.05) is 6.92 Å². The number of hydrogen-bond acceptors (Lipinski definition) is 3. The van der Waals surface area contributed by atoms with Gasteiger partial charge in [-0.3, -0.25) is 0 Å². The lowest BCUT2D eigenvalue weighted by Crippen LogP contribution is -2.42. The van der Waals surface area contributed by atoms with E-state index in [1.165, 1.54) is 12.8 Å². The van der Waals surface area contributed by atoms with Crippen LogP contribution in [0, 0.1) is 5.92 Å². The van der Waals surface area contributed by atoms with E-state index in [2.05, 4.69) is 22.5 Å². The summed E-state index contributed by atoms with van der Waals surface area (Å²) in [6, 6.07) is -0.131. The molecule has 112 valence electrons. The van der Waals surface area contributed by atoms with Crippen molar-refractivity contribution in [1.29, 1.82) is 0 Å². The van der Waals surface area contributed by atoms with Crippen LogP contribution in [-0.4, -0.2) is 54.9 Å². The van der Waals surface area contributed by atoms with Gasteiger partial charge in [-0.25, -0.2) is 4.79 Å². The maximum Gasteiger partial charge on any atom is 0.314 e. The topological polar surface area (TPSA) is 64.6 Å². The minimum atomic E-state index is -0.310. The second-order valence-corrected chi connectivity index (χ2v) is 5.56. The molecule has 0 spiro atoms. The molecule has 1 rings (SSSR count). The number of amides is 2. The number of likely N-dealkylation sites (tertiary alicyclic amines) is 1. The van der Waals surface area contributed by atoms with Crippen molar-refractivity contribution in [1.82, 2.24) is 15.5 Å². The zero-order valence-corrected chi connectivity index (χ0v) is 12.3. The van der Waals surface area contributed by atoms with Crippen LogP contribution in [0.5, 0.6) is 0 Å². The minimum Gasteiger partial charge on any atom is -0.393 e. The Morgan fingerprint density at radius 3 is 2.58 bits per heavy atom. The van der Waals surface area contributed by atoms with E-state index < -0.39 is 0 Å². The Labute approximate surface area is 116 Å². The Hall–Kier alpha value is -0.810. The van der Waals surface area contributed by atoms with Crippen molar-refractivity contribution >= 4 is 6.03 Å². The molecule has 0 radical (unpaired) electrons. The normalized spacial score (nSPS) is 19.1. The SMILES string of the molecule is CCC(O)CCNC(=O)NCCN1CCC(C)CC1. The zero-order chi connectivity index (χ0) is 14.1. The molecule has 1 fully saturated rings. The number of nitrogens with one attached hydrogen (secondary N) is 2. The third-order valence-corrected chi connectivity index (χ3v) is 3.82. The van der Waals surface area contributed by atoms with Gasteiger partial charge < -0.3 is 20.6 Å². The standard InChI is InChI=1S/C14H29N3O2/c1-3-13(18)4-7-15-14(19)16-8-11-17-9-5-12(2)6-10-17/h12-13,18H,3-11H2,1-2H3,(H2,15,16,19). The summed E-state index contributed by atoms with van der Waals surface area (Å²) >= 11 is 0. The maximum absolute atomic E-state index is 11.5. The van der Waals surface area contributed by atoms with E-state index in [-0.39, 0.29) is 12.1 Å². The van der Waals surface area contributed by atoms with E-state index in [4.69, 9.17) is 0 Å². The first-order chi connectivity index (χ1) is 9.11. The summed E-state index contributed by atoms with van der Waals surface area (Å²) in [5, 5.41) is 15.0. The summed E-state index contributed by atoms with van der Waals surface area (Å²) in [7, 11) is 0. The second kappa shape index (κ2) is 9.15.